The first kappa shape index (κ1) is 23.8. The number of carbonyl (C=O) groups is 1. The summed E-state index contributed by atoms with van der Waals surface area (Å²) in [5.41, 5.74) is 1.16. The Kier molecular flexibility index (Phi) is 7.54. The van der Waals surface area contributed by atoms with Crippen LogP contribution in [-0.4, -0.2) is 48.7 Å². The first-order valence-electron chi connectivity index (χ1n) is 9.72. The molecule has 0 fully saturated rings. The molecule has 0 spiro atoms. The minimum absolute atomic E-state index is 0.0489. The van der Waals surface area contributed by atoms with Crippen LogP contribution in [0.1, 0.15) is 19.7 Å². The first-order valence-corrected chi connectivity index (χ1v) is 12.4. The highest BCUT2D eigenvalue weighted by Gasteiger charge is 2.24. The summed E-state index contributed by atoms with van der Waals surface area (Å²) < 4.78 is 37.9. The lowest BCUT2D eigenvalue weighted by atomic mass is 10.2. The largest absolute Gasteiger partial charge is 0.494 e. The molecule has 1 heterocycles. The third-order valence-electron chi connectivity index (χ3n) is 4.44. The van der Waals surface area contributed by atoms with E-state index in [9.17, 15) is 13.2 Å². The maximum Gasteiger partial charge on any atom is 0.243 e. The minimum Gasteiger partial charge on any atom is -0.494 e. The van der Waals surface area contributed by atoms with Crippen LogP contribution in [0.3, 0.4) is 0 Å². The van der Waals surface area contributed by atoms with Crippen molar-refractivity contribution in [2.24, 2.45) is 0 Å². The van der Waals surface area contributed by atoms with E-state index >= 15 is 0 Å². The summed E-state index contributed by atoms with van der Waals surface area (Å²) >= 11 is 1.41. The topological polar surface area (TPSA) is 115 Å². The highest BCUT2D eigenvalue weighted by atomic mass is 32.2. The molecule has 0 aliphatic carbocycles. The molecule has 1 N–H and O–H groups in total. The van der Waals surface area contributed by atoms with E-state index in [2.05, 4.69) is 15.5 Å². The van der Waals surface area contributed by atoms with Crippen molar-refractivity contribution < 1.29 is 22.5 Å². The molecule has 32 heavy (non-hydrogen) atoms. The Morgan fingerprint density at radius 3 is 2.56 bits per heavy atom. The number of thioether (sulfide) groups is 1. The lowest BCUT2D eigenvalue weighted by molar-refractivity contribution is -0.114. The van der Waals surface area contributed by atoms with Gasteiger partial charge in [-0.25, -0.2) is 8.42 Å². The molecule has 1 aromatic heterocycles. The van der Waals surface area contributed by atoms with Crippen molar-refractivity contribution in [2.75, 3.05) is 25.2 Å². The number of aromatic nitrogens is 2. The van der Waals surface area contributed by atoms with Gasteiger partial charge in [-0.15, -0.1) is 11.8 Å². The van der Waals surface area contributed by atoms with Crippen LogP contribution in [0, 0.1) is 0 Å². The van der Waals surface area contributed by atoms with E-state index in [4.69, 9.17) is 9.26 Å². The van der Waals surface area contributed by atoms with E-state index in [-0.39, 0.29) is 23.2 Å². The van der Waals surface area contributed by atoms with Gasteiger partial charge in [-0.3, -0.25) is 4.79 Å². The molecule has 0 unspecified atom stereocenters. The molecule has 0 saturated heterocycles. The Bertz CT molecular complexity index is 1190. The zero-order valence-electron chi connectivity index (χ0n) is 18.2. The molecule has 0 saturated carbocycles. The third-order valence-corrected chi connectivity index (χ3v) is 7.03. The summed E-state index contributed by atoms with van der Waals surface area (Å²) in [4.78, 5) is 16.6. The zero-order chi connectivity index (χ0) is 23.3. The molecule has 9 nitrogen and oxygen atoms in total. The Hall–Kier alpha value is -2.89. The minimum atomic E-state index is -3.86. The van der Waals surface area contributed by atoms with Gasteiger partial charge in [0.2, 0.25) is 27.6 Å². The summed E-state index contributed by atoms with van der Waals surface area (Å²) in [6.07, 6.45) is 1.85. The molecule has 0 aliphatic heterocycles. The number of ether oxygens (including phenoxy) is 1. The third kappa shape index (κ3) is 5.47. The fraction of sp³-hybridized carbons (Fsp3) is 0.286. The molecule has 0 atom stereocenters. The van der Waals surface area contributed by atoms with Gasteiger partial charge in [0.15, 0.2) is 0 Å². The van der Waals surface area contributed by atoms with Gasteiger partial charge in [0.25, 0.3) is 0 Å². The number of anilines is 1. The molecule has 3 rings (SSSR count). The normalized spacial score (nSPS) is 11.5. The van der Waals surface area contributed by atoms with Crippen LogP contribution in [0.25, 0.3) is 11.4 Å². The van der Waals surface area contributed by atoms with Crippen molar-refractivity contribution in [1.82, 2.24) is 14.4 Å². The maximum atomic E-state index is 13.1. The molecule has 3 aromatic rings. The molecule has 1 amide bonds. The number of hydrogen-bond donors (Lipinski definition) is 1. The van der Waals surface area contributed by atoms with Crippen molar-refractivity contribution in [3.05, 3.63) is 48.4 Å². The number of sulfonamides is 1. The number of amides is 1. The van der Waals surface area contributed by atoms with Crippen LogP contribution in [-0.2, 0) is 21.4 Å². The number of nitrogens with zero attached hydrogens (tertiary/aromatic N) is 3. The van der Waals surface area contributed by atoms with Gasteiger partial charge in [0.1, 0.15) is 5.75 Å². The van der Waals surface area contributed by atoms with Crippen molar-refractivity contribution in [2.45, 2.75) is 30.2 Å². The second-order valence-corrected chi connectivity index (χ2v) is 9.67. The second kappa shape index (κ2) is 10.2. The Morgan fingerprint density at radius 2 is 1.94 bits per heavy atom. The van der Waals surface area contributed by atoms with Gasteiger partial charge in [-0.05, 0) is 55.6 Å². The molecule has 0 radical (unpaired) electrons. The van der Waals surface area contributed by atoms with Crippen molar-refractivity contribution in [3.63, 3.8) is 0 Å². The van der Waals surface area contributed by atoms with Crippen LogP contribution in [0.5, 0.6) is 5.75 Å². The Balaban J connectivity index is 1.78. The van der Waals surface area contributed by atoms with E-state index in [0.29, 0.717) is 18.1 Å². The van der Waals surface area contributed by atoms with E-state index in [1.54, 1.807) is 30.3 Å². The van der Waals surface area contributed by atoms with Crippen LogP contribution in [0.15, 0.2) is 56.8 Å². The summed E-state index contributed by atoms with van der Waals surface area (Å²) in [6.45, 7) is 3.74. The fourth-order valence-electron chi connectivity index (χ4n) is 2.89. The highest BCUT2D eigenvalue weighted by molar-refractivity contribution is 7.98. The average molecular weight is 477 g/mol. The number of hydrogen-bond acceptors (Lipinski definition) is 8. The van der Waals surface area contributed by atoms with Crippen molar-refractivity contribution in [3.8, 4) is 17.1 Å². The van der Waals surface area contributed by atoms with Crippen LogP contribution in [0.2, 0.25) is 0 Å². The number of nitrogens with one attached hydrogen (secondary N) is 1. The van der Waals surface area contributed by atoms with Gasteiger partial charge in [0.05, 0.1) is 23.7 Å². The average Bonchev–Trinajstić information content (AvgIpc) is 3.22. The zero-order valence-corrected chi connectivity index (χ0v) is 19.8. The smallest absolute Gasteiger partial charge is 0.243 e. The molecular formula is C21H24N4O5S2. The van der Waals surface area contributed by atoms with Crippen molar-refractivity contribution in [1.29, 1.82) is 0 Å². The van der Waals surface area contributed by atoms with E-state index in [1.165, 1.54) is 37.9 Å². The lowest BCUT2D eigenvalue weighted by Crippen LogP contribution is -2.26. The summed E-state index contributed by atoms with van der Waals surface area (Å²) in [5.74, 6) is 0.960. The first-order chi connectivity index (χ1) is 15.2. The van der Waals surface area contributed by atoms with Gasteiger partial charge in [-0.1, -0.05) is 5.16 Å². The van der Waals surface area contributed by atoms with Gasteiger partial charge >= 0.3 is 0 Å². The van der Waals surface area contributed by atoms with E-state index in [0.717, 1.165) is 20.5 Å². The molecular weight excluding hydrogens is 452 g/mol. The quantitative estimate of drug-likeness (QED) is 0.466. The SMILES string of the molecule is CCOc1ccc(-c2noc(CN(C)S(=O)(=O)c3ccc(SC)c(NC(C)=O)c3)n2)cc1. The van der Waals surface area contributed by atoms with Crippen LogP contribution >= 0.6 is 11.8 Å². The molecule has 170 valence electrons. The van der Waals surface area contributed by atoms with E-state index < -0.39 is 10.0 Å². The monoisotopic (exact) mass is 476 g/mol. The molecule has 2 aromatic carbocycles. The molecule has 11 heteroatoms. The molecule has 0 aliphatic rings. The van der Waals surface area contributed by atoms with Gasteiger partial charge in [0, 0.05) is 24.4 Å². The van der Waals surface area contributed by atoms with E-state index in [1.807, 2.05) is 13.2 Å². The fourth-order valence-corrected chi connectivity index (χ4v) is 4.57. The Labute approximate surface area is 191 Å². The highest BCUT2D eigenvalue weighted by Crippen LogP contribution is 2.29. The second-order valence-electron chi connectivity index (χ2n) is 6.77. The Morgan fingerprint density at radius 1 is 1.22 bits per heavy atom. The van der Waals surface area contributed by atoms with Crippen LogP contribution in [0.4, 0.5) is 5.69 Å². The predicted octanol–water partition coefficient (Wildman–Crippen LogP) is 3.64. The summed E-state index contributed by atoms with van der Waals surface area (Å²) in [7, 11) is -2.43. The summed E-state index contributed by atoms with van der Waals surface area (Å²) in [5, 5.41) is 6.61. The standard InChI is InChI=1S/C21H24N4O5S2/c1-5-29-16-8-6-15(7-9-16)21-23-20(30-24-21)13-25(3)32(27,28)17-10-11-19(31-4)18(12-17)22-14(2)26/h6-12H,5,13H2,1-4H3,(H,22,26). The van der Waals surface area contributed by atoms with Crippen molar-refractivity contribution >= 4 is 33.4 Å². The van der Waals surface area contributed by atoms with Gasteiger partial charge in [-0.2, -0.15) is 9.29 Å². The maximum absolute atomic E-state index is 13.1. The molecule has 0 bridgehead atoms. The summed E-state index contributed by atoms with van der Waals surface area (Å²) in [6, 6.07) is 11.8. The number of benzene rings is 2. The predicted molar refractivity (Wildman–Crippen MR) is 122 cm³/mol. The number of rotatable bonds is 9. The number of carbonyl (C=O) groups excluding carboxylic acids is 1. The van der Waals surface area contributed by atoms with Gasteiger partial charge < -0.3 is 14.6 Å². The lowest BCUT2D eigenvalue weighted by Gasteiger charge is -2.17. The van der Waals surface area contributed by atoms with Crippen LogP contribution < -0.4 is 10.1 Å².